The van der Waals surface area contributed by atoms with E-state index >= 15 is 0 Å². The minimum atomic E-state index is -0.512. The molecular weight excluding hydrogens is 332 g/mol. The lowest BCUT2D eigenvalue weighted by Gasteiger charge is -2.41. The maximum absolute atomic E-state index is 14.0. The van der Waals surface area contributed by atoms with Crippen LogP contribution in [0.25, 0.3) is 0 Å². The van der Waals surface area contributed by atoms with E-state index in [9.17, 15) is 8.78 Å². The van der Waals surface area contributed by atoms with Crippen LogP contribution in [0.15, 0.2) is 18.2 Å². The zero-order valence-corrected chi connectivity index (χ0v) is 15.3. The van der Waals surface area contributed by atoms with Crippen molar-refractivity contribution in [2.24, 2.45) is 5.41 Å². The predicted molar refractivity (Wildman–Crippen MR) is 95.6 cm³/mol. The van der Waals surface area contributed by atoms with E-state index in [1.54, 1.807) is 6.07 Å². The molecule has 2 fully saturated rings. The summed E-state index contributed by atoms with van der Waals surface area (Å²) in [5.41, 5.74) is 0.975. The summed E-state index contributed by atoms with van der Waals surface area (Å²) in [5.74, 6) is -0.953. The van der Waals surface area contributed by atoms with Gasteiger partial charge in [0.15, 0.2) is 0 Å². The summed E-state index contributed by atoms with van der Waals surface area (Å²) in [5, 5.41) is 3.45. The van der Waals surface area contributed by atoms with Gasteiger partial charge in [-0.25, -0.2) is 8.78 Å². The van der Waals surface area contributed by atoms with E-state index < -0.39 is 11.6 Å². The lowest BCUT2D eigenvalue weighted by molar-refractivity contribution is 0.0751. The standard InChI is InChI=1S/C18H27F2N3.ClH/c1-14(16-4-3-15(19)11-17(16)20)23-9-7-22(8-10-23)13-18(2)5-6-21-12-18;/h3-4,11,14,21H,5-10,12-13H2,1-2H3;1H. The van der Waals surface area contributed by atoms with E-state index in [4.69, 9.17) is 0 Å². The Labute approximate surface area is 149 Å². The number of nitrogens with one attached hydrogen (secondary N) is 1. The number of benzene rings is 1. The van der Waals surface area contributed by atoms with Crippen LogP contribution < -0.4 is 5.32 Å². The van der Waals surface area contributed by atoms with Gasteiger partial charge in [-0.15, -0.1) is 12.4 Å². The fourth-order valence-electron chi connectivity index (χ4n) is 3.89. The van der Waals surface area contributed by atoms with Crippen LogP contribution in [0.5, 0.6) is 0 Å². The second-order valence-electron chi connectivity index (χ2n) is 7.39. The lowest BCUT2D eigenvalue weighted by atomic mass is 9.89. The van der Waals surface area contributed by atoms with Crippen LogP contribution in [0, 0.1) is 17.0 Å². The van der Waals surface area contributed by atoms with E-state index in [-0.39, 0.29) is 18.4 Å². The summed E-state index contributed by atoms with van der Waals surface area (Å²) in [4.78, 5) is 4.82. The Kier molecular flexibility index (Phi) is 6.59. The van der Waals surface area contributed by atoms with Crippen molar-refractivity contribution in [2.45, 2.75) is 26.3 Å². The fourth-order valence-corrected chi connectivity index (χ4v) is 3.89. The highest BCUT2D eigenvalue weighted by Gasteiger charge is 2.32. The van der Waals surface area contributed by atoms with Crippen molar-refractivity contribution in [3.05, 3.63) is 35.4 Å². The molecule has 2 heterocycles. The molecule has 1 aromatic carbocycles. The molecule has 3 nitrogen and oxygen atoms in total. The van der Waals surface area contributed by atoms with Gasteiger partial charge in [-0.2, -0.15) is 0 Å². The predicted octanol–water partition coefficient (Wildman–Crippen LogP) is 3.06. The van der Waals surface area contributed by atoms with Crippen LogP contribution in [0.1, 0.15) is 31.9 Å². The molecule has 136 valence electrons. The molecule has 0 saturated carbocycles. The molecule has 2 unspecified atom stereocenters. The molecule has 0 aliphatic carbocycles. The SMILES string of the molecule is CC(c1ccc(F)cc1F)N1CCN(CC2(C)CCNC2)CC1.Cl. The Balaban J connectivity index is 0.00000208. The largest absolute Gasteiger partial charge is 0.316 e. The molecular formula is C18H28ClF2N3. The number of nitrogens with zero attached hydrogens (tertiary/aromatic N) is 2. The maximum Gasteiger partial charge on any atom is 0.130 e. The van der Waals surface area contributed by atoms with Crippen LogP contribution >= 0.6 is 12.4 Å². The number of rotatable bonds is 4. The van der Waals surface area contributed by atoms with Gasteiger partial charge in [0.05, 0.1) is 0 Å². The van der Waals surface area contributed by atoms with Crippen LogP contribution in [-0.2, 0) is 0 Å². The molecule has 2 aliphatic heterocycles. The second-order valence-corrected chi connectivity index (χ2v) is 7.39. The van der Waals surface area contributed by atoms with Gasteiger partial charge in [0, 0.05) is 56.9 Å². The quantitative estimate of drug-likeness (QED) is 0.891. The van der Waals surface area contributed by atoms with Crippen molar-refractivity contribution in [3.63, 3.8) is 0 Å². The van der Waals surface area contributed by atoms with Crippen molar-refractivity contribution in [1.82, 2.24) is 15.1 Å². The minimum Gasteiger partial charge on any atom is -0.316 e. The summed E-state index contributed by atoms with van der Waals surface area (Å²) in [6.45, 7) is 11.6. The molecule has 0 amide bonds. The Morgan fingerprint density at radius 2 is 1.92 bits per heavy atom. The Morgan fingerprint density at radius 3 is 2.50 bits per heavy atom. The van der Waals surface area contributed by atoms with E-state index in [0.29, 0.717) is 11.0 Å². The monoisotopic (exact) mass is 359 g/mol. The highest BCUT2D eigenvalue weighted by Crippen LogP contribution is 2.28. The van der Waals surface area contributed by atoms with Gasteiger partial charge in [0.2, 0.25) is 0 Å². The minimum absolute atomic E-state index is 0. The molecule has 0 bridgehead atoms. The molecule has 3 rings (SSSR count). The van der Waals surface area contributed by atoms with Crippen molar-refractivity contribution in [1.29, 1.82) is 0 Å². The van der Waals surface area contributed by atoms with Gasteiger partial charge in [0.25, 0.3) is 0 Å². The molecule has 2 saturated heterocycles. The molecule has 1 aromatic rings. The summed E-state index contributed by atoms with van der Waals surface area (Å²) >= 11 is 0. The van der Waals surface area contributed by atoms with E-state index in [0.717, 1.165) is 51.9 Å². The number of hydrogen-bond acceptors (Lipinski definition) is 3. The van der Waals surface area contributed by atoms with E-state index in [1.165, 1.54) is 12.5 Å². The van der Waals surface area contributed by atoms with Crippen molar-refractivity contribution in [2.75, 3.05) is 45.8 Å². The molecule has 0 spiro atoms. The molecule has 2 aliphatic rings. The van der Waals surface area contributed by atoms with Gasteiger partial charge in [-0.05, 0) is 31.4 Å². The normalized spacial score (nSPS) is 27.0. The molecule has 1 N–H and O–H groups in total. The third-order valence-corrected chi connectivity index (χ3v) is 5.43. The van der Waals surface area contributed by atoms with Crippen molar-refractivity contribution < 1.29 is 8.78 Å². The average Bonchev–Trinajstić information content (AvgIpc) is 2.94. The van der Waals surface area contributed by atoms with Crippen molar-refractivity contribution in [3.8, 4) is 0 Å². The molecule has 2 atom stereocenters. The number of hydrogen-bond donors (Lipinski definition) is 1. The average molecular weight is 360 g/mol. The molecule has 24 heavy (non-hydrogen) atoms. The molecule has 0 radical (unpaired) electrons. The third-order valence-electron chi connectivity index (χ3n) is 5.43. The molecule has 0 aromatic heterocycles. The van der Waals surface area contributed by atoms with Crippen LogP contribution in [0.4, 0.5) is 8.78 Å². The topological polar surface area (TPSA) is 18.5 Å². The maximum atomic E-state index is 14.0. The first-order valence-electron chi connectivity index (χ1n) is 8.59. The van der Waals surface area contributed by atoms with Gasteiger partial charge in [-0.3, -0.25) is 4.90 Å². The third kappa shape index (κ3) is 4.45. The first kappa shape index (κ1) is 19.6. The van der Waals surface area contributed by atoms with E-state index in [2.05, 4.69) is 22.0 Å². The lowest BCUT2D eigenvalue weighted by Crippen LogP contribution is -2.50. The Morgan fingerprint density at radius 1 is 1.21 bits per heavy atom. The smallest absolute Gasteiger partial charge is 0.130 e. The van der Waals surface area contributed by atoms with Gasteiger partial charge >= 0.3 is 0 Å². The van der Waals surface area contributed by atoms with Gasteiger partial charge in [0.1, 0.15) is 11.6 Å². The Bertz CT molecular complexity index is 541. The summed E-state index contributed by atoms with van der Waals surface area (Å²) < 4.78 is 27.0. The first-order chi connectivity index (χ1) is 11.0. The number of piperazine rings is 1. The zero-order valence-electron chi connectivity index (χ0n) is 14.5. The van der Waals surface area contributed by atoms with Crippen LogP contribution in [0.2, 0.25) is 0 Å². The highest BCUT2D eigenvalue weighted by molar-refractivity contribution is 5.85. The van der Waals surface area contributed by atoms with Crippen LogP contribution in [0.3, 0.4) is 0 Å². The van der Waals surface area contributed by atoms with Gasteiger partial charge < -0.3 is 10.2 Å². The zero-order chi connectivity index (χ0) is 16.4. The highest BCUT2D eigenvalue weighted by atomic mass is 35.5. The molecule has 6 heteroatoms. The fraction of sp³-hybridized carbons (Fsp3) is 0.667. The van der Waals surface area contributed by atoms with Crippen LogP contribution in [-0.4, -0.2) is 55.6 Å². The summed E-state index contributed by atoms with van der Waals surface area (Å²) in [7, 11) is 0. The second kappa shape index (κ2) is 8.09. The number of halogens is 3. The summed E-state index contributed by atoms with van der Waals surface area (Å²) in [6, 6.07) is 3.89. The van der Waals surface area contributed by atoms with Crippen molar-refractivity contribution >= 4 is 12.4 Å². The Hall–Kier alpha value is -0.750. The van der Waals surface area contributed by atoms with Gasteiger partial charge in [-0.1, -0.05) is 13.0 Å². The summed E-state index contributed by atoms with van der Waals surface area (Å²) in [6.07, 6.45) is 1.24. The first-order valence-corrected chi connectivity index (χ1v) is 8.59. The van der Waals surface area contributed by atoms with E-state index in [1.807, 2.05) is 6.92 Å².